The van der Waals surface area contributed by atoms with E-state index < -0.39 is 11.8 Å². The van der Waals surface area contributed by atoms with E-state index in [1.807, 2.05) is 6.07 Å². The topological polar surface area (TPSA) is 63.3 Å². The number of primary amides is 1. The maximum Gasteiger partial charge on any atom is 0.227 e. The summed E-state index contributed by atoms with van der Waals surface area (Å²) in [6.07, 6.45) is 0. The van der Waals surface area contributed by atoms with Crippen molar-refractivity contribution in [2.75, 3.05) is 6.61 Å². The summed E-state index contributed by atoms with van der Waals surface area (Å²) in [6.45, 7) is -0.237. The maximum absolute atomic E-state index is 10.8. The molecule has 3 N–H and O–H groups in total. The Hall–Kier alpha value is -1.35. The molecule has 0 spiro atoms. The van der Waals surface area contributed by atoms with Crippen LogP contribution in [0.3, 0.4) is 0 Å². The van der Waals surface area contributed by atoms with Gasteiger partial charge in [-0.3, -0.25) is 4.79 Å². The fourth-order valence-electron chi connectivity index (χ4n) is 1.04. The van der Waals surface area contributed by atoms with Crippen molar-refractivity contribution in [1.29, 1.82) is 0 Å². The Bertz CT molecular complexity index is 258. The Morgan fingerprint density at radius 3 is 2.42 bits per heavy atom. The van der Waals surface area contributed by atoms with Gasteiger partial charge in [0.15, 0.2) is 0 Å². The average molecular weight is 165 g/mol. The van der Waals surface area contributed by atoms with Gasteiger partial charge in [0, 0.05) is 0 Å². The quantitative estimate of drug-likeness (QED) is 0.674. The summed E-state index contributed by atoms with van der Waals surface area (Å²) in [5.74, 6) is -1.07. The van der Waals surface area contributed by atoms with Gasteiger partial charge in [0.05, 0.1) is 12.5 Å². The minimum Gasteiger partial charge on any atom is -0.395 e. The van der Waals surface area contributed by atoms with Crippen molar-refractivity contribution in [3.8, 4) is 0 Å². The van der Waals surface area contributed by atoms with Gasteiger partial charge in [-0.2, -0.15) is 0 Å². The SMILES string of the molecule is NC(=O)[C@@H](CO)c1ccccc1. The fourth-order valence-corrected chi connectivity index (χ4v) is 1.04. The molecule has 0 unspecified atom stereocenters. The molecule has 64 valence electrons. The molecule has 0 saturated carbocycles. The summed E-state index contributed by atoms with van der Waals surface area (Å²) in [5.41, 5.74) is 5.84. The van der Waals surface area contributed by atoms with Gasteiger partial charge in [-0.1, -0.05) is 30.3 Å². The summed E-state index contributed by atoms with van der Waals surface area (Å²) >= 11 is 0. The maximum atomic E-state index is 10.8. The molecule has 0 fully saturated rings. The van der Waals surface area contributed by atoms with E-state index in [1.165, 1.54) is 0 Å². The van der Waals surface area contributed by atoms with Crippen LogP contribution in [0, 0.1) is 0 Å². The zero-order valence-electron chi connectivity index (χ0n) is 6.60. The molecule has 0 aromatic heterocycles. The number of hydrogen-bond acceptors (Lipinski definition) is 2. The zero-order valence-corrected chi connectivity index (χ0v) is 6.60. The van der Waals surface area contributed by atoms with Crippen LogP contribution in [0.25, 0.3) is 0 Å². The van der Waals surface area contributed by atoms with Crippen molar-refractivity contribution in [1.82, 2.24) is 0 Å². The van der Waals surface area contributed by atoms with Crippen LogP contribution in [-0.4, -0.2) is 17.6 Å². The minimum atomic E-state index is -0.578. The van der Waals surface area contributed by atoms with Crippen LogP contribution in [0.1, 0.15) is 11.5 Å². The van der Waals surface area contributed by atoms with Crippen LogP contribution in [0.15, 0.2) is 30.3 Å². The smallest absolute Gasteiger partial charge is 0.227 e. The summed E-state index contributed by atoms with van der Waals surface area (Å²) in [5, 5.41) is 8.85. The zero-order chi connectivity index (χ0) is 8.97. The molecule has 0 bridgehead atoms. The van der Waals surface area contributed by atoms with Gasteiger partial charge in [-0.05, 0) is 5.56 Å². The third-order valence-corrected chi connectivity index (χ3v) is 1.73. The summed E-state index contributed by atoms with van der Waals surface area (Å²) in [4.78, 5) is 10.8. The van der Waals surface area contributed by atoms with Gasteiger partial charge in [0.2, 0.25) is 5.91 Å². The van der Waals surface area contributed by atoms with E-state index in [9.17, 15) is 4.79 Å². The number of amides is 1. The molecule has 0 aliphatic carbocycles. The second-order valence-electron chi connectivity index (χ2n) is 2.55. The monoisotopic (exact) mass is 165 g/mol. The second kappa shape index (κ2) is 3.88. The Labute approximate surface area is 70.8 Å². The molecule has 0 saturated heterocycles. The average Bonchev–Trinajstić information content (AvgIpc) is 2.07. The largest absolute Gasteiger partial charge is 0.395 e. The lowest BCUT2D eigenvalue weighted by molar-refractivity contribution is -0.120. The van der Waals surface area contributed by atoms with E-state index in [0.29, 0.717) is 0 Å². The first kappa shape index (κ1) is 8.74. The van der Waals surface area contributed by atoms with E-state index in [4.69, 9.17) is 10.8 Å². The number of rotatable bonds is 3. The fraction of sp³-hybridized carbons (Fsp3) is 0.222. The van der Waals surface area contributed by atoms with Crippen LogP contribution in [0.5, 0.6) is 0 Å². The van der Waals surface area contributed by atoms with Crippen LogP contribution < -0.4 is 5.73 Å². The first-order chi connectivity index (χ1) is 5.75. The molecule has 1 atom stereocenters. The van der Waals surface area contributed by atoms with E-state index in [0.717, 1.165) is 5.56 Å². The molecule has 1 rings (SSSR count). The highest BCUT2D eigenvalue weighted by Crippen LogP contribution is 2.13. The Morgan fingerprint density at radius 2 is 2.00 bits per heavy atom. The summed E-state index contributed by atoms with van der Waals surface area (Å²) < 4.78 is 0. The molecule has 12 heavy (non-hydrogen) atoms. The lowest BCUT2D eigenvalue weighted by Crippen LogP contribution is -2.24. The van der Waals surface area contributed by atoms with Crippen molar-refractivity contribution in [3.05, 3.63) is 35.9 Å². The third kappa shape index (κ3) is 1.83. The highest BCUT2D eigenvalue weighted by molar-refractivity contribution is 5.81. The van der Waals surface area contributed by atoms with E-state index in [-0.39, 0.29) is 6.61 Å². The van der Waals surface area contributed by atoms with Gasteiger partial charge < -0.3 is 10.8 Å². The van der Waals surface area contributed by atoms with Crippen molar-refractivity contribution >= 4 is 5.91 Å². The van der Waals surface area contributed by atoms with Crippen molar-refractivity contribution in [3.63, 3.8) is 0 Å². The second-order valence-corrected chi connectivity index (χ2v) is 2.55. The molecule has 0 heterocycles. The minimum absolute atomic E-state index is 0.237. The van der Waals surface area contributed by atoms with E-state index in [2.05, 4.69) is 0 Å². The molecular formula is C9H11NO2. The van der Waals surface area contributed by atoms with Gasteiger partial charge >= 0.3 is 0 Å². The number of carbonyl (C=O) groups is 1. The van der Waals surface area contributed by atoms with Crippen molar-refractivity contribution in [2.24, 2.45) is 5.73 Å². The summed E-state index contributed by atoms with van der Waals surface area (Å²) in [6, 6.07) is 9.00. The molecule has 0 aliphatic heterocycles. The highest BCUT2D eigenvalue weighted by atomic mass is 16.3. The van der Waals surface area contributed by atoms with Gasteiger partial charge in [0.25, 0.3) is 0 Å². The predicted octanol–water partition coefficient (Wildman–Crippen LogP) is 0.248. The number of hydrogen-bond donors (Lipinski definition) is 2. The van der Waals surface area contributed by atoms with Crippen LogP contribution >= 0.6 is 0 Å². The molecule has 1 amide bonds. The van der Waals surface area contributed by atoms with Crippen LogP contribution in [0.4, 0.5) is 0 Å². The molecule has 3 nitrogen and oxygen atoms in total. The standard InChI is InChI=1S/C9H11NO2/c10-9(12)8(6-11)7-4-2-1-3-5-7/h1-5,8,11H,6H2,(H2,10,12)/t8-/m0/s1. The molecule has 1 aromatic carbocycles. The van der Waals surface area contributed by atoms with Gasteiger partial charge in [-0.25, -0.2) is 0 Å². The highest BCUT2D eigenvalue weighted by Gasteiger charge is 2.15. The van der Waals surface area contributed by atoms with Crippen molar-refractivity contribution in [2.45, 2.75) is 5.92 Å². The molecule has 0 aliphatic rings. The first-order valence-corrected chi connectivity index (χ1v) is 3.71. The van der Waals surface area contributed by atoms with E-state index >= 15 is 0 Å². The molecule has 3 heteroatoms. The number of benzene rings is 1. The van der Waals surface area contributed by atoms with Crippen LogP contribution in [-0.2, 0) is 4.79 Å². The Morgan fingerprint density at radius 1 is 1.42 bits per heavy atom. The number of aliphatic hydroxyl groups excluding tert-OH is 1. The molecule has 0 radical (unpaired) electrons. The first-order valence-electron chi connectivity index (χ1n) is 3.71. The summed E-state index contributed by atoms with van der Waals surface area (Å²) in [7, 11) is 0. The predicted molar refractivity (Wildman–Crippen MR) is 45.5 cm³/mol. The van der Waals surface area contributed by atoms with Crippen molar-refractivity contribution < 1.29 is 9.90 Å². The normalized spacial score (nSPS) is 12.4. The van der Waals surface area contributed by atoms with E-state index in [1.54, 1.807) is 24.3 Å². The van der Waals surface area contributed by atoms with Gasteiger partial charge in [-0.15, -0.1) is 0 Å². The lowest BCUT2D eigenvalue weighted by Gasteiger charge is -2.09. The molecule has 1 aromatic rings. The Balaban J connectivity index is 2.88. The lowest BCUT2D eigenvalue weighted by atomic mass is 10.00. The third-order valence-electron chi connectivity index (χ3n) is 1.73. The van der Waals surface area contributed by atoms with Gasteiger partial charge in [0.1, 0.15) is 0 Å². The molecular weight excluding hydrogens is 154 g/mol. The van der Waals surface area contributed by atoms with Crippen LogP contribution in [0.2, 0.25) is 0 Å². The Kier molecular flexibility index (Phi) is 2.82. The number of carbonyl (C=O) groups excluding carboxylic acids is 1. The number of aliphatic hydroxyl groups is 1. The number of nitrogens with two attached hydrogens (primary N) is 1.